The molecule has 0 saturated carbocycles. The molecule has 1 aliphatic rings. The van der Waals surface area contributed by atoms with E-state index in [0.717, 1.165) is 32.5 Å². The van der Waals surface area contributed by atoms with Gasteiger partial charge in [-0.2, -0.15) is 0 Å². The number of ether oxygens (including phenoxy) is 1. The minimum absolute atomic E-state index is 0.229. The normalized spacial score (nSPS) is 28.1. The van der Waals surface area contributed by atoms with Gasteiger partial charge >= 0.3 is 0 Å². The molecule has 0 aliphatic carbocycles. The number of hydrogen-bond donors (Lipinski definition) is 1. The first-order valence-corrected chi connectivity index (χ1v) is 7.71. The van der Waals surface area contributed by atoms with E-state index in [1.807, 2.05) is 6.20 Å². The van der Waals surface area contributed by atoms with Crippen LogP contribution < -0.4 is 5.32 Å². The van der Waals surface area contributed by atoms with Crippen LogP contribution in [-0.4, -0.2) is 30.8 Å². The molecule has 2 rings (SSSR count). The summed E-state index contributed by atoms with van der Waals surface area (Å²) in [5, 5.41) is 6.90. The van der Waals surface area contributed by atoms with E-state index in [0.29, 0.717) is 12.0 Å². The first kappa shape index (κ1) is 14.0. The molecule has 0 bridgehead atoms. The number of aromatic nitrogens is 1. The third-order valence-corrected chi connectivity index (χ3v) is 4.63. The molecule has 102 valence electrons. The molecule has 4 heteroatoms. The zero-order chi connectivity index (χ0) is 13.0. The average Bonchev–Trinajstić information content (AvgIpc) is 2.91. The summed E-state index contributed by atoms with van der Waals surface area (Å²) in [6.07, 6.45) is 4.40. The molecule has 0 radical (unpaired) electrons. The van der Waals surface area contributed by atoms with Crippen molar-refractivity contribution >= 4 is 11.3 Å². The molecule has 1 saturated heterocycles. The van der Waals surface area contributed by atoms with E-state index in [-0.39, 0.29) is 5.41 Å². The third kappa shape index (κ3) is 3.31. The zero-order valence-electron chi connectivity index (χ0n) is 11.6. The van der Waals surface area contributed by atoms with Crippen LogP contribution >= 0.6 is 11.3 Å². The summed E-state index contributed by atoms with van der Waals surface area (Å²) in [7, 11) is 0. The lowest BCUT2D eigenvalue weighted by Gasteiger charge is -2.32. The Hall–Kier alpha value is -0.450. The number of rotatable bonds is 6. The highest BCUT2D eigenvalue weighted by atomic mass is 32.1. The Kier molecular flexibility index (Phi) is 4.76. The van der Waals surface area contributed by atoms with Gasteiger partial charge in [-0.3, -0.25) is 0 Å². The second kappa shape index (κ2) is 6.13. The van der Waals surface area contributed by atoms with Crippen LogP contribution in [0.3, 0.4) is 0 Å². The van der Waals surface area contributed by atoms with Gasteiger partial charge in [-0.1, -0.05) is 13.8 Å². The molecule has 0 aromatic carbocycles. The van der Waals surface area contributed by atoms with Gasteiger partial charge in [-0.05, 0) is 25.8 Å². The summed E-state index contributed by atoms with van der Waals surface area (Å²) in [6.45, 7) is 9.69. The van der Waals surface area contributed by atoms with Crippen molar-refractivity contribution in [3.63, 3.8) is 0 Å². The van der Waals surface area contributed by atoms with E-state index in [1.54, 1.807) is 11.3 Å². The summed E-state index contributed by atoms with van der Waals surface area (Å²) in [5.74, 6) is 0.694. The van der Waals surface area contributed by atoms with Crippen molar-refractivity contribution in [2.75, 3.05) is 19.7 Å². The Labute approximate surface area is 114 Å². The summed E-state index contributed by atoms with van der Waals surface area (Å²) >= 11 is 1.76. The maximum atomic E-state index is 5.81. The fourth-order valence-electron chi connectivity index (χ4n) is 2.60. The zero-order valence-corrected chi connectivity index (χ0v) is 12.4. The van der Waals surface area contributed by atoms with E-state index < -0.39 is 0 Å². The van der Waals surface area contributed by atoms with Crippen molar-refractivity contribution in [1.29, 1.82) is 0 Å². The SMILES string of the molecule is CC(C)CNCC1(Cc2nccs2)CCOC1C. The van der Waals surface area contributed by atoms with E-state index in [9.17, 15) is 0 Å². The molecule has 1 aromatic heterocycles. The molecule has 3 nitrogen and oxygen atoms in total. The van der Waals surface area contributed by atoms with Crippen molar-refractivity contribution in [3.8, 4) is 0 Å². The van der Waals surface area contributed by atoms with Gasteiger partial charge in [-0.25, -0.2) is 4.98 Å². The van der Waals surface area contributed by atoms with Crippen molar-refractivity contribution in [2.45, 2.75) is 39.7 Å². The molecule has 1 aromatic rings. The topological polar surface area (TPSA) is 34.2 Å². The first-order valence-electron chi connectivity index (χ1n) is 6.83. The second-order valence-corrected chi connectivity index (χ2v) is 6.73. The molecular formula is C14H24N2OS. The van der Waals surface area contributed by atoms with Gasteiger partial charge in [-0.15, -0.1) is 11.3 Å². The summed E-state index contributed by atoms with van der Waals surface area (Å²) in [6, 6.07) is 0. The Bertz CT molecular complexity index is 353. The van der Waals surface area contributed by atoms with Crippen LogP contribution in [0.5, 0.6) is 0 Å². The standard InChI is InChI=1S/C14H24N2OS/c1-11(2)9-15-10-14(4-6-17-12(14)3)8-13-16-5-7-18-13/h5,7,11-12,15H,4,6,8-10H2,1-3H3. The maximum Gasteiger partial charge on any atom is 0.0931 e. The smallest absolute Gasteiger partial charge is 0.0931 e. The third-order valence-electron chi connectivity index (χ3n) is 3.85. The van der Waals surface area contributed by atoms with Gasteiger partial charge in [0.2, 0.25) is 0 Å². The van der Waals surface area contributed by atoms with E-state index in [1.165, 1.54) is 5.01 Å². The molecule has 1 fully saturated rings. The number of thiazole rings is 1. The van der Waals surface area contributed by atoms with Crippen LogP contribution in [0.25, 0.3) is 0 Å². The van der Waals surface area contributed by atoms with Crippen molar-refractivity contribution < 1.29 is 4.74 Å². The molecular weight excluding hydrogens is 244 g/mol. The van der Waals surface area contributed by atoms with Gasteiger partial charge < -0.3 is 10.1 Å². The monoisotopic (exact) mass is 268 g/mol. The largest absolute Gasteiger partial charge is 0.378 e. The van der Waals surface area contributed by atoms with Crippen LogP contribution in [0.1, 0.15) is 32.2 Å². The molecule has 1 aliphatic heterocycles. The number of hydrogen-bond acceptors (Lipinski definition) is 4. The lowest BCUT2D eigenvalue weighted by molar-refractivity contribution is 0.0627. The highest BCUT2D eigenvalue weighted by Crippen LogP contribution is 2.38. The predicted octanol–water partition coefficient (Wildman–Crippen LogP) is 2.73. The average molecular weight is 268 g/mol. The lowest BCUT2D eigenvalue weighted by atomic mass is 9.78. The summed E-state index contributed by atoms with van der Waals surface area (Å²) < 4.78 is 5.81. The minimum atomic E-state index is 0.229. The van der Waals surface area contributed by atoms with Crippen LogP contribution in [0.15, 0.2) is 11.6 Å². The molecule has 18 heavy (non-hydrogen) atoms. The van der Waals surface area contributed by atoms with Gasteiger partial charge in [0.25, 0.3) is 0 Å². The lowest BCUT2D eigenvalue weighted by Crippen LogP contribution is -2.42. The van der Waals surface area contributed by atoms with Gasteiger partial charge in [0.05, 0.1) is 11.1 Å². The van der Waals surface area contributed by atoms with Crippen LogP contribution in [0.4, 0.5) is 0 Å². The van der Waals surface area contributed by atoms with Crippen LogP contribution in [-0.2, 0) is 11.2 Å². The molecule has 0 spiro atoms. The fourth-order valence-corrected chi connectivity index (χ4v) is 3.37. The number of nitrogens with one attached hydrogen (secondary N) is 1. The second-order valence-electron chi connectivity index (χ2n) is 5.75. The molecule has 0 amide bonds. The van der Waals surface area contributed by atoms with Crippen molar-refractivity contribution in [3.05, 3.63) is 16.6 Å². The van der Waals surface area contributed by atoms with Crippen LogP contribution in [0, 0.1) is 11.3 Å². The molecule has 2 unspecified atom stereocenters. The molecule has 2 atom stereocenters. The predicted molar refractivity (Wildman–Crippen MR) is 76.0 cm³/mol. The first-order chi connectivity index (χ1) is 8.62. The van der Waals surface area contributed by atoms with Gasteiger partial charge in [0, 0.05) is 36.6 Å². The van der Waals surface area contributed by atoms with Crippen LogP contribution in [0.2, 0.25) is 0 Å². The fraction of sp³-hybridized carbons (Fsp3) is 0.786. The maximum absolute atomic E-state index is 5.81. The van der Waals surface area contributed by atoms with Gasteiger partial charge in [0.1, 0.15) is 0 Å². The Morgan fingerprint density at radius 3 is 3.00 bits per heavy atom. The Balaban J connectivity index is 1.99. The highest BCUT2D eigenvalue weighted by molar-refractivity contribution is 7.09. The molecule has 1 N–H and O–H groups in total. The number of nitrogens with zero attached hydrogens (tertiary/aromatic N) is 1. The summed E-state index contributed by atoms with van der Waals surface area (Å²) in [4.78, 5) is 4.44. The highest BCUT2D eigenvalue weighted by Gasteiger charge is 2.41. The van der Waals surface area contributed by atoms with E-state index in [2.05, 4.69) is 36.5 Å². The van der Waals surface area contributed by atoms with Crippen molar-refractivity contribution in [2.24, 2.45) is 11.3 Å². The quantitative estimate of drug-likeness (QED) is 0.861. The Morgan fingerprint density at radius 1 is 1.61 bits per heavy atom. The molecule has 2 heterocycles. The Morgan fingerprint density at radius 2 is 2.44 bits per heavy atom. The van der Waals surface area contributed by atoms with Crippen molar-refractivity contribution in [1.82, 2.24) is 10.3 Å². The van der Waals surface area contributed by atoms with E-state index >= 15 is 0 Å². The van der Waals surface area contributed by atoms with Gasteiger partial charge in [0.15, 0.2) is 0 Å². The summed E-state index contributed by atoms with van der Waals surface area (Å²) in [5.41, 5.74) is 0.229. The minimum Gasteiger partial charge on any atom is -0.378 e. The van der Waals surface area contributed by atoms with E-state index in [4.69, 9.17) is 4.74 Å².